The molecule has 1 atom stereocenters. The van der Waals surface area contributed by atoms with Crippen molar-refractivity contribution in [2.75, 3.05) is 6.54 Å². The zero-order valence-electron chi connectivity index (χ0n) is 8.62. The Labute approximate surface area is 79.7 Å². The van der Waals surface area contributed by atoms with Crippen LogP contribution in [0.4, 0.5) is 0 Å². The van der Waals surface area contributed by atoms with E-state index in [4.69, 9.17) is 11.5 Å². The first-order valence-electron chi connectivity index (χ1n) is 4.60. The molecular formula is C10H19N3. The molecule has 1 rings (SSSR count). The van der Waals surface area contributed by atoms with Crippen molar-refractivity contribution < 1.29 is 0 Å². The van der Waals surface area contributed by atoms with Crippen LogP contribution in [-0.4, -0.2) is 11.1 Å². The second-order valence-electron chi connectivity index (χ2n) is 4.32. The summed E-state index contributed by atoms with van der Waals surface area (Å²) in [5.74, 6) is 0. The number of hydrogen-bond acceptors (Lipinski definition) is 2. The number of nitrogens with two attached hydrogens (primary N) is 2. The molecule has 0 unspecified atom stereocenters. The molecule has 0 aliphatic heterocycles. The van der Waals surface area contributed by atoms with Gasteiger partial charge in [-0.3, -0.25) is 0 Å². The largest absolute Gasteiger partial charge is 0.345 e. The van der Waals surface area contributed by atoms with Gasteiger partial charge in [0, 0.05) is 24.0 Å². The van der Waals surface area contributed by atoms with Crippen molar-refractivity contribution in [3.63, 3.8) is 0 Å². The Morgan fingerprint density at radius 1 is 1.46 bits per heavy atom. The zero-order valence-corrected chi connectivity index (χ0v) is 8.62. The summed E-state index contributed by atoms with van der Waals surface area (Å²) in [6.45, 7) is 6.94. The van der Waals surface area contributed by atoms with Gasteiger partial charge in [0.15, 0.2) is 0 Å². The summed E-state index contributed by atoms with van der Waals surface area (Å²) in [6, 6.07) is 3.98. The summed E-state index contributed by atoms with van der Waals surface area (Å²) in [5.41, 5.74) is 12.6. The highest BCUT2D eigenvalue weighted by molar-refractivity contribution is 5.14. The molecule has 0 saturated heterocycles. The normalized spacial score (nSPS) is 14.5. The molecule has 0 aliphatic rings. The molecule has 0 fully saturated rings. The van der Waals surface area contributed by atoms with Crippen molar-refractivity contribution in [3.05, 3.63) is 24.0 Å². The summed E-state index contributed by atoms with van der Waals surface area (Å²) >= 11 is 0. The van der Waals surface area contributed by atoms with Gasteiger partial charge in [-0.05, 0) is 32.9 Å². The SMILES string of the molecule is CC(C)(C)n1cccc1[C@H](N)CN. The first kappa shape index (κ1) is 10.3. The van der Waals surface area contributed by atoms with Gasteiger partial charge in [-0.25, -0.2) is 0 Å². The molecule has 13 heavy (non-hydrogen) atoms. The molecule has 4 N–H and O–H groups in total. The van der Waals surface area contributed by atoms with Crippen LogP contribution < -0.4 is 11.5 Å². The first-order valence-corrected chi connectivity index (χ1v) is 4.60. The molecule has 1 aromatic rings. The summed E-state index contributed by atoms with van der Waals surface area (Å²) in [5, 5.41) is 0. The van der Waals surface area contributed by atoms with Gasteiger partial charge < -0.3 is 16.0 Å². The maximum absolute atomic E-state index is 5.89. The average molecular weight is 181 g/mol. The fraction of sp³-hybridized carbons (Fsp3) is 0.600. The molecule has 0 aliphatic carbocycles. The predicted octanol–water partition coefficient (Wildman–Crippen LogP) is 1.20. The van der Waals surface area contributed by atoms with E-state index >= 15 is 0 Å². The van der Waals surface area contributed by atoms with Crippen LogP contribution in [0.2, 0.25) is 0 Å². The van der Waals surface area contributed by atoms with Crippen molar-refractivity contribution in [1.29, 1.82) is 0 Å². The molecule has 3 nitrogen and oxygen atoms in total. The van der Waals surface area contributed by atoms with Gasteiger partial charge in [-0.1, -0.05) is 0 Å². The van der Waals surface area contributed by atoms with Gasteiger partial charge in [-0.2, -0.15) is 0 Å². The van der Waals surface area contributed by atoms with E-state index < -0.39 is 0 Å². The van der Waals surface area contributed by atoms with E-state index in [9.17, 15) is 0 Å². The monoisotopic (exact) mass is 181 g/mol. The standard InChI is InChI=1S/C10H19N3/c1-10(2,3)13-6-4-5-9(13)8(12)7-11/h4-6,8H,7,11-12H2,1-3H3/t8-/m1/s1. The third-order valence-electron chi connectivity index (χ3n) is 2.14. The lowest BCUT2D eigenvalue weighted by Gasteiger charge is -2.26. The van der Waals surface area contributed by atoms with E-state index in [1.807, 2.05) is 18.3 Å². The van der Waals surface area contributed by atoms with Gasteiger partial charge >= 0.3 is 0 Å². The summed E-state index contributed by atoms with van der Waals surface area (Å²) in [4.78, 5) is 0. The molecule has 1 heterocycles. The Morgan fingerprint density at radius 2 is 2.08 bits per heavy atom. The second kappa shape index (κ2) is 3.52. The van der Waals surface area contributed by atoms with Crippen LogP contribution >= 0.6 is 0 Å². The summed E-state index contributed by atoms with van der Waals surface area (Å²) < 4.78 is 2.17. The minimum absolute atomic E-state index is 0.0609. The topological polar surface area (TPSA) is 57.0 Å². The maximum Gasteiger partial charge on any atom is 0.0574 e. The number of aromatic nitrogens is 1. The van der Waals surface area contributed by atoms with Crippen molar-refractivity contribution in [2.24, 2.45) is 11.5 Å². The predicted molar refractivity (Wildman–Crippen MR) is 55.4 cm³/mol. The van der Waals surface area contributed by atoms with Gasteiger partial charge in [0.05, 0.1) is 6.04 Å². The molecule has 1 aromatic heterocycles. The van der Waals surface area contributed by atoms with Crippen molar-refractivity contribution >= 4 is 0 Å². The minimum Gasteiger partial charge on any atom is -0.345 e. The van der Waals surface area contributed by atoms with E-state index in [1.165, 1.54) is 0 Å². The number of nitrogens with zero attached hydrogens (tertiary/aromatic N) is 1. The molecule has 3 heteroatoms. The van der Waals surface area contributed by atoms with Crippen LogP contribution in [0.1, 0.15) is 32.5 Å². The molecule has 0 spiro atoms. The smallest absolute Gasteiger partial charge is 0.0574 e. The van der Waals surface area contributed by atoms with Crippen molar-refractivity contribution in [3.8, 4) is 0 Å². The van der Waals surface area contributed by atoms with Crippen LogP contribution in [0.5, 0.6) is 0 Å². The van der Waals surface area contributed by atoms with Crippen molar-refractivity contribution in [1.82, 2.24) is 4.57 Å². The van der Waals surface area contributed by atoms with E-state index in [2.05, 4.69) is 25.3 Å². The minimum atomic E-state index is -0.0609. The third kappa shape index (κ3) is 2.11. The Morgan fingerprint density at radius 3 is 2.54 bits per heavy atom. The summed E-state index contributed by atoms with van der Waals surface area (Å²) in [7, 11) is 0. The fourth-order valence-corrected chi connectivity index (χ4v) is 1.43. The van der Waals surface area contributed by atoms with Gasteiger partial charge in [0.2, 0.25) is 0 Å². The average Bonchev–Trinajstić information content (AvgIpc) is 2.49. The number of hydrogen-bond donors (Lipinski definition) is 2. The third-order valence-corrected chi connectivity index (χ3v) is 2.14. The lowest BCUT2D eigenvalue weighted by molar-refractivity contribution is 0.377. The van der Waals surface area contributed by atoms with Crippen LogP contribution in [0.25, 0.3) is 0 Å². The quantitative estimate of drug-likeness (QED) is 0.720. The number of rotatable bonds is 2. The van der Waals surface area contributed by atoms with Gasteiger partial charge in [0.25, 0.3) is 0 Å². The van der Waals surface area contributed by atoms with Crippen LogP contribution in [0, 0.1) is 0 Å². The molecule has 74 valence electrons. The highest BCUT2D eigenvalue weighted by Gasteiger charge is 2.18. The van der Waals surface area contributed by atoms with E-state index in [0.29, 0.717) is 6.54 Å². The Balaban J connectivity index is 3.03. The van der Waals surface area contributed by atoms with E-state index in [-0.39, 0.29) is 11.6 Å². The first-order chi connectivity index (χ1) is 5.96. The lowest BCUT2D eigenvalue weighted by Crippen LogP contribution is -2.29. The van der Waals surface area contributed by atoms with Crippen molar-refractivity contribution in [2.45, 2.75) is 32.4 Å². The molecular weight excluding hydrogens is 162 g/mol. The zero-order chi connectivity index (χ0) is 10.1. The molecule has 0 amide bonds. The van der Waals surface area contributed by atoms with Crippen LogP contribution in [0.3, 0.4) is 0 Å². The highest BCUT2D eigenvalue weighted by atomic mass is 15.1. The maximum atomic E-state index is 5.89. The lowest BCUT2D eigenvalue weighted by atomic mass is 10.1. The summed E-state index contributed by atoms with van der Waals surface area (Å²) in [6.07, 6.45) is 2.05. The van der Waals surface area contributed by atoms with Crippen LogP contribution in [0.15, 0.2) is 18.3 Å². The molecule has 0 radical (unpaired) electrons. The highest BCUT2D eigenvalue weighted by Crippen LogP contribution is 2.20. The molecule has 0 bridgehead atoms. The van der Waals surface area contributed by atoms with Gasteiger partial charge in [-0.15, -0.1) is 0 Å². The molecule has 0 saturated carbocycles. The Bertz CT molecular complexity index is 270. The Hall–Kier alpha value is -0.800. The fourth-order valence-electron chi connectivity index (χ4n) is 1.43. The van der Waals surface area contributed by atoms with Gasteiger partial charge in [0.1, 0.15) is 0 Å². The second-order valence-corrected chi connectivity index (χ2v) is 4.32. The van der Waals surface area contributed by atoms with E-state index in [0.717, 1.165) is 5.69 Å². The Kier molecular flexibility index (Phi) is 2.78. The van der Waals surface area contributed by atoms with E-state index in [1.54, 1.807) is 0 Å². The van der Waals surface area contributed by atoms with Crippen LogP contribution in [-0.2, 0) is 5.54 Å². The molecule has 0 aromatic carbocycles.